The first-order valence-electron chi connectivity index (χ1n) is 6.91. The molecule has 1 aromatic rings. The van der Waals surface area contributed by atoms with Gasteiger partial charge in [-0.2, -0.15) is 0 Å². The smallest absolute Gasteiger partial charge is 0.144 e. The van der Waals surface area contributed by atoms with Gasteiger partial charge in [-0.25, -0.2) is 0 Å². The molecule has 2 N–H and O–H groups in total. The minimum atomic E-state index is 0.640. The van der Waals surface area contributed by atoms with Crippen molar-refractivity contribution in [2.24, 2.45) is 5.92 Å². The highest BCUT2D eigenvalue weighted by molar-refractivity contribution is 5.74. The predicted molar refractivity (Wildman–Crippen MR) is 77.2 cm³/mol. The summed E-state index contributed by atoms with van der Waals surface area (Å²) in [4.78, 5) is 2.45. The zero-order chi connectivity index (χ0) is 13.1. The summed E-state index contributed by atoms with van der Waals surface area (Å²) < 4.78 is 5.58. The van der Waals surface area contributed by atoms with Gasteiger partial charge in [0.15, 0.2) is 0 Å². The third-order valence-corrected chi connectivity index (χ3v) is 3.20. The Labute approximate surface area is 110 Å². The SMILES string of the molecule is CCOc1cccc(N(CC(C)C)C2CC2)c1N. The molecule has 3 heteroatoms. The molecule has 0 aliphatic heterocycles. The zero-order valence-electron chi connectivity index (χ0n) is 11.6. The summed E-state index contributed by atoms with van der Waals surface area (Å²) in [5.74, 6) is 1.45. The van der Waals surface area contributed by atoms with Crippen LogP contribution in [0.5, 0.6) is 5.75 Å². The average molecular weight is 248 g/mol. The second kappa shape index (κ2) is 5.51. The Morgan fingerprint density at radius 2 is 2.11 bits per heavy atom. The number of hydrogen-bond acceptors (Lipinski definition) is 3. The summed E-state index contributed by atoms with van der Waals surface area (Å²) in [5.41, 5.74) is 8.17. The maximum absolute atomic E-state index is 6.24. The summed E-state index contributed by atoms with van der Waals surface area (Å²) in [7, 11) is 0. The summed E-state index contributed by atoms with van der Waals surface area (Å²) >= 11 is 0. The largest absolute Gasteiger partial charge is 0.492 e. The molecular formula is C15H24N2O. The molecule has 0 unspecified atom stereocenters. The highest BCUT2D eigenvalue weighted by atomic mass is 16.5. The van der Waals surface area contributed by atoms with Gasteiger partial charge in [-0.3, -0.25) is 0 Å². The van der Waals surface area contributed by atoms with Crippen LogP contribution in [-0.2, 0) is 0 Å². The maximum atomic E-state index is 6.24. The molecular weight excluding hydrogens is 224 g/mol. The van der Waals surface area contributed by atoms with Gasteiger partial charge in [0.2, 0.25) is 0 Å². The van der Waals surface area contributed by atoms with E-state index < -0.39 is 0 Å². The van der Waals surface area contributed by atoms with Gasteiger partial charge in [0.25, 0.3) is 0 Å². The number of hydrogen-bond donors (Lipinski definition) is 1. The molecule has 0 spiro atoms. The Bertz CT molecular complexity index is 399. The van der Waals surface area contributed by atoms with Crippen LogP contribution in [0.3, 0.4) is 0 Å². The topological polar surface area (TPSA) is 38.5 Å². The summed E-state index contributed by atoms with van der Waals surface area (Å²) in [5, 5.41) is 0. The molecule has 0 atom stereocenters. The fourth-order valence-electron chi connectivity index (χ4n) is 2.29. The zero-order valence-corrected chi connectivity index (χ0v) is 11.6. The number of nitrogens with two attached hydrogens (primary N) is 1. The lowest BCUT2D eigenvalue weighted by molar-refractivity contribution is 0.342. The van der Waals surface area contributed by atoms with Crippen LogP contribution in [-0.4, -0.2) is 19.2 Å². The van der Waals surface area contributed by atoms with E-state index >= 15 is 0 Å². The van der Waals surface area contributed by atoms with Crippen LogP contribution in [0.25, 0.3) is 0 Å². The summed E-state index contributed by atoms with van der Waals surface area (Å²) in [6, 6.07) is 6.76. The molecule has 0 amide bonds. The number of ether oxygens (including phenoxy) is 1. The van der Waals surface area contributed by atoms with Crippen molar-refractivity contribution < 1.29 is 4.74 Å². The number of nitrogens with zero attached hydrogens (tertiary/aromatic N) is 1. The average Bonchev–Trinajstić information content (AvgIpc) is 3.13. The first-order valence-corrected chi connectivity index (χ1v) is 6.91. The number of para-hydroxylation sites is 1. The Kier molecular flexibility index (Phi) is 4.00. The van der Waals surface area contributed by atoms with E-state index in [4.69, 9.17) is 10.5 Å². The first kappa shape index (κ1) is 13.1. The molecule has 2 rings (SSSR count). The molecule has 0 heterocycles. The molecule has 1 saturated carbocycles. The van der Waals surface area contributed by atoms with Crippen molar-refractivity contribution in [2.45, 2.75) is 39.7 Å². The molecule has 1 aliphatic carbocycles. The van der Waals surface area contributed by atoms with E-state index in [1.54, 1.807) is 0 Å². The van der Waals surface area contributed by atoms with Crippen molar-refractivity contribution in [3.05, 3.63) is 18.2 Å². The Balaban J connectivity index is 2.26. The van der Waals surface area contributed by atoms with Gasteiger partial charge in [-0.1, -0.05) is 19.9 Å². The molecule has 1 aromatic carbocycles. The highest BCUT2D eigenvalue weighted by Crippen LogP contribution is 2.39. The van der Waals surface area contributed by atoms with Gasteiger partial charge in [0, 0.05) is 12.6 Å². The van der Waals surface area contributed by atoms with Crippen molar-refractivity contribution in [3.8, 4) is 5.75 Å². The van der Waals surface area contributed by atoms with Crippen molar-refractivity contribution in [1.29, 1.82) is 0 Å². The number of rotatable bonds is 6. The Morgan fingerprint density at radius 3 is 2.67 bits per heavy atom. The first-order chi connectivity index (χ1) is 8.63. The van der Waals surface area contributed by atoms with Crippen LogP contribution in [0.15, 0.2) is 18.2 Å². The van der Waals surface area contributed by atoms with Gasteiger partial charge in [0.05, 0.1) is 18.0 Å². The van der Waals surface area contributed by atoms with Crippen LogP contribution in [0.2, 0.25) is 0 Å². The van der Waals surface area contributed by atoms with Crippen LogP contribution in [0.1, 0.15) is 33.6 Å². The van der Waals surface area contributed by atoms with E-state index in [-0.39, 0.29) is 0 Å². The van der Waals surface area contributed by atoms with E-state index in [0.29, 0.717) is 18.6 Å². The van der Waals surface area contributed by atoms with E-state index in [2.05, 4.69) is 24.8 Å². The fourth-order valence-corrected chi connectivity index (χ4v) is 2.29. The molecule has 0 saturated heterocycles. The molecule has 100 valence electrons. The van der Waals surface area contributed by atoms with E-state index in [0.717, 1.165) is 23.7 Å². The summed E-state index contributed by atoms with van der Waals surface area (Å²) in [6.07, 6.45) is 2.57. The second-order valence-electron chi connectivity index (χ2n) is 5.40. The lowest BCUT2D eigenvalue weighted by Gasteiger charge is -2.28. The Morgan fingerprint density at radius 1 is 1.39 bits per heavy atom. The van der Waals surface area contributed by atoms with Crippen molar-refractivity contribution in [1.82, 2.24) is 0 Å². The standard InChI is InChI=1S/C15H24N2O/c1-4-18-14-7-5-6-13(15(14)16)17(10-11(2)3)12-8-9-12/h5-7,11-12H,4,8-10,16H2,1-3H3. The van der Waals surface area contributed by atoms with Gasteiger partial charge < -0.3 is 15.4 Å². The molecule has 0 radical (unpaired) electrons. The summed E-state index contributed by atoms with van der Waals surface area (Å²) in [6.45, 7) is 8.19. The van der Waals surface area contributed by atoms with Crippen LogP contribution >= 0.6 is 0 Å². The third-order valence-electron chi connectivity index (χ3n) is 3.20. The quantitative estimate of drug-likeness (QED) is 0.785. The third kappa shape index (κ3) is 2.89. The Hall–Kier alpha value is -1.38. The molecule has 3 nitrogen and oxygen atoms in total. The lowest BCUT2D eigenvalue weighted by Crippen LogP contribution is -2.30. The minimum absolute atomic E-state index is 0.640. The monoisotopic (exact) mass is 248 g/mol. The van der Waals surface area contributed by atoms with Gasteiger partial charge in [0.1, 0.15) is 5.75 Å². The van der Waals surface area contributed by atoms with E-state index in [9.17, 15) is 0 Å². The van der Waals surface area contributed by atoms with Crippen LogP contribution < -0.4 is 15.4 Å². The number of anilines is 2. The predicted octanol–water partition coefficient (Wildman–Crippen LogP) is 3.29. The van der Waals surface area contributed by atoms with Crippen LogP contribution in [0.4, 0.5) is 11.4 Å². The van der Waals surface area contributed by atoms with Crippen molar-refractivity contribution in [2.75, 3.05) is 23.8 Å². The van der Waals surface area contributed by atoms with Gasteiger partial charge in [-0.05, 0) is 37.8 Å². The molecule has 0 aromatic heterocycles. The van der Waals surface area contributed by atoms with E-state index in [1.807, 2.05) is 19.1 Å². The molecule has 1 fully saturated rings. The number of nitrogen functional groups attached to an aromatic ring is 1. The normalized spacial score (nSPS) is 14.9. The number of benzene rings is 1. The maximum Gasteiger partial charge on any atom is 0.144 e. The van der Waals surface area contributed by atoms with Crippen molar-refractivity contribution in [3.63, 3.8) is 0 Å². The van der Waals surface area contributed by atoms with Crippen molar-refractivity contribution >= 4 is 11.4 Å². The fraction of sp³-hybridized carbons (Fsp3) is 0.600. The lowest BCUT2D eigenvalue weighted by atomic mass is 10.1. The molecule has 1 aliphatic rings. The highest BCUT2D eigenvalue weighted by Gasteiger charge is 2.31. The second-order valence-corrected chi connectivity index (χ2v) is 5.40. The van der Waals surface area contributed by atoms with Gasteiger partial charge in [-0.15, -0.1) is 0 Å². The van der Waals surface area contributed by atoms with Gasteiger partial charge >= 0.3 is 0 Å². The van der Waals surface area contributed by atoms with Crippen LogP contribution in [0, 0.1) is 5.92 Å². The molecule has 18 heavy (non-hydrogen) atoms. The molecule has 0 bridgehead atoms. The van der Waals surface area contributed by atoms with E-state index in [1.165, 1.54) is 12.8 Å². The minimum Gasteiger partial charge on any atom is -0.492 e.